The fourth-order valence-corrected chi connectivity index (χ4v) is 3.13. The first-order chi connectivity index (χ1) is 12.1. The topological polar surface area (TPSA) is 69.0 Å². The number of hydrogen-bond donors (Lipinski definition) is 1. The maximum atomic E-state index is 11.8. The summed E-state index contributed by atoms with van der Waals surface area (Å²) < 4.78 is 6.91. The van der Waals surface area contributed by atoms with Crippen molar-refractivity contribution < 1.29 is 9.53 Å². The fraction of sp³-hybridized carbons (Fsp3) is 0.167. The van der Waals surface area contributed by atoms with Crippen molar-refractivity contribution in [3.63, 3.8) is 0 Å². The first-order valence-corrected chi connectivity index (χ1v) is 8.59. The van der Waals surface area contributed by atoms with E-state index in [9.17, 15) is 4.79 Å². The van der Waals surface area contributed by atoms with E-state index in [1.807, 2.05) is 42.6 Å². The lowest BCUT2D eigenvalue weighted by Gasteiger charge is -2.04. The Morgan fingerprint density at radius 3 is 2.96 bits per heavy atom. The number of amides is 1. The third-order valence-electron chi connectivity index (χ3n) is 3.44. The minimum absolute atomic E-state index is 0.201. The van der Waals surface area contributed by atoms with E-state index in [0.717, 1.165) is 22.7 Å². The number of anilines is 1. The van der Waals surface area contributed by atoms with Crippen molar-refractivity contribution in [3.05, 3.63) is 53.6 Å². The Hall–Kier alpha value is -2.93. The van der Waals surface area contributed by atoms with Crippen molar-refractivity contribution in [1.29, 1.82) is 0 Å². The molecule has 1 amide bonds. The summed E-state index contributed by atoms with van der Waals surface area (Å²) in [6.07, 6.45) is 3.16. The predicted molar refractivity (Wildman–Crippen MR) is 99.4 cm³/mol. The molecule has 0 saturated carbocycles. The van der Waals surface area contributed by atoms with Crippen LogP contribution < -0.4 is 10.1 Å². The Labute approximate surface area is 149 Å². The smallest absolute Gasteiger partial charge is 0.249 e. The lowest BCUT2D eigenvalue weighted by Crippen LogP contribution is -2.12. The molecule has 0 bridgehead atoms. The van der Waals surface area contributed by atoms with E-state index in [1.54, 1.807) is 24.8 Å². The van der Waals surface area contributed by atoms with Gasteiger partial charge in [-0.1, -0.05) is 18.2 Å². The molecule has 2 aromatic heterocycles. The number of aromatic nitrogens is 3. The van der Waals surface area contributed by atoms with E-state index in [1.165, 1.54) is 17.4 Å². The molecule has 0 aliphatic heterocycles. The van der Waals surface area contributed by atoms with Crippen LogP contribution in [0.25, 0.3) is 16.4 Å². The van der Waals surface area contributed by atoms with Crippen LogP contribution in [0.2, 0.25) is 0 Å². The number of nitrogens with one attached hydrogen (secondary N) is 1. The molecule has 0 unspecified atom stereocenters. The second-order valence-electron chi connectivity index (χ2n) is 5.32. The summed E-state index contributed by atoms with van der Waals surface area (Å²) in [6.45, 7) is 3.67. The monoisotopic (exact) mass is 354 g/mol. The summed E-state index contributed by atoms with van der Waals surface area (Å²) >= 11 is 1.46. The first kappa shape index (κ1) is 16.9. The van der Waals surface area contributed by atoms with Gasteiger partial charge in [-0.15, -0.1) is 11.3 Å². The largest absolute Gasteiger partial charge is 0.497 e. The Morgan fingerprint density at radius 2 is 2.20 bits per heavy atom. The van der Waals surface area contributed by atoms with Gasteiger partial charge in [-0.3, -0.25) is 4.79 Å². The van der Waals surface area contributed by atoms with Gasteiger partial charge in [0.05, 0.1) is 18.5 Å². The SMILES string of the molecule is C/C=C\C(=O)Nc1cc(C)nn1-c1nc(-c2cccc(OC)c2)cs1. The summed E-state index contributed by atoms with van der Waals surface area (Å²) in [7, 11) is 1.64. The lowest BCUT2D eigenvalue weighted by molar-refractivity contribution is -0.111. The zero-order valence-corrected chi connectivity index (χ0v) is 15.0. The van der Waals surface area contributed by atoms with Crippen LogP contribution in [0.3, 0.4) is 0 Å². The van der Waals surface area contributed by atoms with E-state index < -0.39 is 0 Å². The molecule has 0 fully saturated rings. The van der Waals surface area contributed by atoms with Crippen LogP contribution in [0.15, 0.2) is 47.9 Å². The van der Waals surface area contributed by atoms with Crippen molar-refractivity contribution in [1.82, 2.24) is 14.8 Å². The molecule has 3 rings (SSSR count). The second-order valence-corrected chi connectivity index (χ2v) is 6.16. The number of aryl methyl sites for hydroxylation is 1. The second kappa shape index (κ2) is 7.31. The highest BCUT2D eigenvalue weighted by Crippen LogP contribution is 2.28. The van der Waals surface area contributed by atoms with Crippen molar-refractivity contribution in [2.75, 3.05) is 12.4 Å². The number of carbonyl (C=O) groups is 1. The zero-order valence-electron chi connectivity index (χ0n) is 14.2. The number of hydrogen-bond acceptors (Lipinski definition) is 5. The van der Waals surface area contributed by atoms with E-state index in [4.69, 9.17) is 4.74 Å². The maximum absolute atomic E-state index is 11.8. The highest BCUT2D eigenvalue weighted by molar-refractivity contribution is 7.12. The van der Waals surface area contributed by atoms with Gasteiger partial charge in [0.2, 0.25) is 11.0 Å². The number of rotatable bonds is 5. The van der Waals surface area contributed by atoms with Gasteiger partial charge in [-0.05, 0) is 32.1 Å². The molecule has 0 aliphatic carbocycles. The molecule has 0 spiro atoms. The van der Waals surface area contributed by atoms with Crippen LogP contribution in [0, 0.1) is 6.92 Å². The van der Waals surface area contributed by atoms with Crippen LogP contribution in [-0.4, -0.2) is 27.8 Å². The number of benzene rings is 1. The number of allylic oxidation sites excluding steroid dienone is 1. The van der Waals surface area contributed by atoms with Crippen molar-refractivity contribution >= 4 is 23.1 Å². The molecular formula is C18H18N4O2S. The average Bonchev–Trinajstić information content (AvgIpc) is 3.22. The Kier molecular flexibility index (Phi) is 4.95. The highest BCUT2D eigenvalue weighted by Gasteiger charge is 2.14. The number of thiazole rings is 1. The summed E-state index contributed by atoms with van der Waals surface area (Å²) in [5.74, 6) is 1.17. The molecule has 1 N–H and O–H groups in total. The van der Waals surface area contributed by atoms with Gasteiger partial charge in [-0.2, -0.15) is 9.78 Å². The Bertz CT molecular complexity index is 927. The van der Waals surface area contributed by atoms with Crippen LogP contribution in [-0.2, 0) is 4.79 Å². The summed E-state index contributed by atoms with van der Waals surface area (Å²) in [5.41, 5.74) is 2.59. The maximum Gasteiger partial charge on any atom is 0.249 e. The van der Waals surface area contributed by atoms with Gasteiger partial charge >= 0.3 is 0 Å². The molecule has 2 heterocycles. The molecule has 25 heavy (non-hydrogen) atoms. The summed E-state index contributed by atoms with van der Waals surface area (Å²) in [6, 6.07) is 9.54. The molecule has 0 radical (unpaired) electrons. The normalized spacial score (nSPS) is 11.0. The molecule has 1 aromatic carbocycles. The first-order valence-electron chi connectivity index (χ1n) is 7.71. The third-order valence-corrected chi connectivity index (χ3v) is 4.26. The Morgan fingerprint density at radius 1 is 1.36 bits per heavy atom. The van der Waals surface area contributed by atoms with Gasteiger partial charge in [0.25, 0.3) is 0 Å². The van der Waals surface area contributed by atoms with Crippen LogP contribution in [0.5, 0.6) is 5.75 Å². The van der Waals surface area contributed by atoms with Crippen LogP contribution >= 0.6 is 11.3 Å². The van der Waals surface area contributed by atoms with Gasteiger partial charge in [0, 0.05) is 17.0 Å². The van der Waals surface area contributed by atoms with E-state index >= 15 is 0 Å². The minimum Gasteiger partial charge on any atom is -0.497 e. The molecule has 3 aromatic rings. The van der Waals surface area contributed by atoms with Gasteiger partial charge < -0.3 is 10.1 Å². The average molecular weight is 354 g/mol. The third kappa shape index (κ3) is 3.77. The molecule has 0 atom stereocenters. The van der Waals surface area contributed by atoms with Crippen LogP contribution in [0.1, 0.15) is 12.6 Å². The highest BCUT2D eigenvalue weighted by atomic mass is 32.1. The molecule has 0 aliphatic rings. The standard InChI is InChI=1S/C18H18N4O2S/c1-4-6-17(23)20-16-9-12(2)21-22(16)18-19-15(11-25-18)13-7-5-8-14(10-13)24-3/h4-11H,1-3H3,(H,20,23)/b6-4-. The number of nitrogens with zero attached hydrogens (tertiary/aromatic N) is 3. The van der Waals surface area contributed by atoms with Crippen molar-refractivity contribution in [2.24, 2.45) is 0 Å². The Balaban J connectivity index is 1.93. The summed E-state index contributed by atoms with van der Waals surface area (Å²) in [5, 5.41) is 9.89. The minimum atomic E-state index is -0.201. The predicted octanol–water partition coefficient (Wildman–Crippen LogP) is 3.83. The molecule has 6 nitrogen and oxygen atoms in total. The van der Waals surface area contributed by atoms with Gasteiger partial charge in [0.1, 0.15) is 11.6 Å². The molecular weight excluding hydrogens is 336 g/mol. The molecule has 7 heteroatoms. The van der Waals surface area contributed by atoms with Gasteiger partial charge in [-0.25, -0.2) is 4.98 Å². The summed E-state index contributed by atoms with van der Waals surface area (Å²) in [4.78, 5) is 16.5. The lowest BCUT2D eigenvalue weighted by atomic mass is 10.2. The number of ether oxygens (including phenoxy) is 1. The van der Waals surface area contributed by atoms with Crippen molar-refractivity contribution in [2.45, 2.75) is 13.8 Å². The fourth-order valence-electron chi connectivity index (χ4n) is 2.33. The number of methoxy groups -OCH3 is 1. The van der Waals surface area contributed by atoms with Crippen molar-refractivity contribution in [3.8, 4) is 22.1 Å². The molecule has 128 valence electrons. The van der Waals surface area contributed by atoms with E-state index in [0.29, 0.717) is 10.9 Å². The van der Waals surface area contributed by atoms with Crippen LogP contribution in [0.4, 0.5) is 5.82 Å². The number of carbonyl (C=O) groups excluding carboxylic acids is 1. The van der Waals surface area contributed by atoms with Gasteiger partial charge in [0.15, 0.2) is 0 Å². The quantitative estimate of drug-likeness (QED) is 0.707. The molecule has 0 saturated heterocycles. The van der Waals surface area contributed by atoms with E-state index in [-0.39, 0.29) is 5.91 Å². The zero-order chi connectivity index (χ0) is 17.8. The van der Waals surface area contributed by atoms with E-state index in [2.05, 4.69) is 15.4 Å².